The molecule has 1 fully saturated rings. The van der Waals surface area contributed by atoms with Gasteiger partial charge in [-0.05, 0) is 38.2 Å². The van der Waals surface area contributed by atoms with Gasteiger partial charge in [-0.1, -0.05) is 0 Å². The summed E-state index contributed by atoms with van der Waals surface area (Å²) in [6.45, 7) is 4.24. The van der Waals surface area contributed by atoms with Gasteiger partial charge in [-0.25, -0.2) is 0 Å². The molecule has 0 atom stereocenters. The van der Waals surface area contributed by atoms with Crippen molar-refractivity contribution in [1.82, 2.24) is 15.1 Å². The molecule has 1 saturated heterocycles. The number of nitrogens with zero attached hydrogens (tertiary/aromatic N) is 2. The van der Waals surface area contributed by atoms with E-state index in [2.05, 4.69) is 10.4 Å². The van der Waals surface area contributed by atoms with Gasteiger partial charge < -0.3 is 10.4 Å². The summed E-state index contributed by atoms with van der Waals surface area (Å²) in [6.07, 6.45) is 1.84. The van der Waals surface area contributed by atoms with Crippen LogP contribution >= 0.6 is 11.8 Å². The summed E-state index contributed by atoms with van der Waals surface area (Å²) in [5, 5.41) is 17.5. The van der Waals surface area contributed by atoms with Gasteiger partial charge in [0.05, 0.1) is 17.7 Å². The van der Waals surface area contributed by atoms with Crippen molar-refractivity contribution in [3.63, 3.8) is 0 Å². The molecule has 0 radical (unpaired) electrons. The second-order valence-corrected chi connectivity index (χ2v) is 6.79. The fourth-order valence-corrected chi connectivity index (χ4v) is 3.74. The lowest BCUT2D eigenvalue weighted by molar-refractivity contribution is -0.121. The first-order chi connectivity index (χ1) is 9.41. The van der Waals surface area contributed by atoms with Crippen molar-refractivity contribution in [2.75, 3.05) is 18.1 Å². The van der Waals surface area contributed by atoms with Crippen LogP contribution in [0, 0.1) is 13.8 Å². The summed E-state index contributed by atoms with van der Waals surface area (Å²) in [4.78, 5) is 12.0. The molecule has 1 aromatic heterocycles. The Kier molecular flexibility index (Phi) is 4.75. The number of aliphatic hydroxyl groups is 1. The molecule has 0 aromatic carbocycles. The average molecular weight is 297 g/mol. The number of thioether (sulfide) groups is 1. The molecule has 0 bridgehead atoms. The fraction of sp³-hybridized carbons (Fsp3) is 0.714. The van der Waals surface area contributed by atoms with Crippen molar-refractivity contribution in [2.45, 2.75) is 38.7 Å². The highest BCUT2D eigenvalue weighted by Crippen LogP contribution is 2.26. The van der Waals surface area contributed by atoms with E-state index in [1.165, 1.54) is 0 Å². The van der Waals surface area contributed by atoms with Crippen molar-refractivity contribution in [3.8, 4) is 0 Å². The predicted molar refractivity (Wildman–Crippen MR) is 80.9 cm³/mol. The minimum atomic E-state index is -0.722. The Hall–Kier alpha value is -1.01. The van der Waals surface area contributed by atoms with E-state index in [1.807, 2.05) is 32.7 Å². The van der Waals surface area contributed by atoms with Crippen LogP contribution in [0.4, 0.5) is 0 Å². The van der Waals surface area contributed by atoms with Gasteiger partial charge in [0.15, 0.2) is 0 Å². The Bertz CT molecular complexity index is 493. The zero-order valence-electron chi connectivity index (χ0n) is 12.4. The van der Waals surface area contributed by atoms with Gasteiger partial charge in [-0.3, -0.25) is 9.48 Å². The summed E-state index contributed by atoms with van der Waals surface area (Å²) >= 11 is 1.86. The number of carbonyl (C=O) groups excluding carboxylic acids is 1. The zero-order chi connectivity index (χ0) is 14.8. The lowest BCUT2D eigenvalue weighted by Crippen LogP contribution is -2.45. The van der Waals surface area contributed by atoms with E-state index < -0.39 is 5.60 Å². The van der Waals surface area contributed by atoms with Crippen molar-refractivity contribution in [2.24, 2.45) is 7.05 Å². The number of rotatable bonds is 4. The Labute approximate surface area is 124 Å². The Morgan fingerprint density at radius 3 is 2.65 bits per heavy atom. The van der Waals surface area contributed by atoms with Gasteiger partial charge in [-0.15, -0.1) is 0 Å². The van der Waals surface area contributed by atoms with E-state index in [0.29, 0.717) is 13.0 Å². The molecule has 2 N–H and O–H groups in total. The molecular weight excluding hydrogens is 274 g/mol. The van der Waals surface area contributed by atoms with Crippen LogP contribution in [0.15, 0.2) is 0 Å². The Morgan fingerprint density at radius 2 is 2.10 bits per heavy atom. The van der Waals surface area contributed by atoms with E-state index in [-0.39, 0.29) is 5.91 Å². The zero-order valence-corrected chi connectivity index (χ0v) is 13.2. The van der Waals surface area contributed by atoms with Crippen LogP contribution in [0.2, 0.25) is 0 Å². The first-order valence-electron chi connectivity index (χ1n) is 6.97. The summed E-state index contributed by atoms with van der Waals surface area (Å²) < 4.78 is 1.80. The van der Waals surface area contributed by atoms with E-state index in [9.17, 15) is 9.90 Å². The van der Waals surface area contributed by atoms with Gasteiger partial charge in [0.1, 0.15) is 0 Å². The van der Waals surface area contributed by atoms with E-state index in [4.69, 9.17) is 0 Å². The summed E-state index contributed by atoms with van der Waals surface area (Å²) in [5.41, 5.74) is 2.18. The molecule has 0 saturated carbocycles. The molecule has 1 aromatic rings. The molecule has 0 aliphatic carbocycles. The maximum atomic E-state index is 12.0. The van der Waals surface area contributed by atoms with Crippen LogP contribution in [0.3, 0.4) is 0 Å². The fourth-order valence-electron chi connectivity index (χ4n) is 2.49. The summed E-state index contributed by atoms with van der Waals surface area (Å²) in [5.74, 6) is 1.89. The number of nitrogens with one attached hydrogen (secondary N) is 1. The molecule has 0 spiro atoms. The molecule has 0 unspecified atom stereocenters. The third-order valence-corrected chi connectivity index (χ3v) is 5.02. The third-order valence-electron chi connectivity index (χ3n) is 4.03. The number of carbonyl (C=O) groups is 1. The SMILES string of the molecule is Cc1nn(C)c(C)c1CC(=O)NCC1(O)CCSCC1. The van der Waals surface area contributed by atoms with Crippen molar-refractivity contribution >= 4 is 17.7 Å². The number of aryl methyl sites for hydroxylation is 2. The molecule has 20 heavy (non-hydrogen) atoms. The largest absolute Gasteiger partial charge is 0.388 e. The monoisotopic (exact) mass is 297 g/mol. The third kappa shape index (κ3) is 3.55. The van der Waals surface area contributed by atoms with Crippen LogP contribution in [0.1, 0.15) is 29.8 Å². The highest BCUT2D eigenvalue weighted by molar-refractivity contribution is 7.99. The average Bonchev–Trinajstić information content (AvgIpc) is 2.64. The molecular formula is C14H23N3O2S. The normalized spacial score (nSPS) is 18.0. The van der Waals surface area contributed by atoms with Gasteiger partial charge >= 0.3 is 0 Å². The number of hydrogen-bond donors (Lipinski definition) is 2. The van der Waals surface area contributed by atoms with Crippen molar-refractivity contribution < 1.29 is 9.90 Å². The highest BCUT2D eigenvalue weighted by atomic mass is 32.2. The molecule has 1 aliphatic rings. The number of aromatic nitrogens is 2. The second-order valence-electron chi connectivity index (χ2n) is 5.56. The molecule has 5 nitrogen and oxygen atoms in total. The van der Waals surface area contributed by atoms with Gasteiger partial charge in [0, 0.05) is 24.8 Å². The van der Waals surface area contributed by atoms with Crippen LogP contribution in [-0.2, 0) is 18.3 Å². The van der Waals surface area contributed by atoms with Gasteiger partial charge in [0.25, 0.3) is 0 Å². The van der Waals surface area contributed by atoms with Gasteiger partial charge in [0.2, 0.25) is 5.91 Å². The minimum Gasteiger partial charge on any atom is -0.388 e. The maximum Gasteiger partial charge on any atom is 0.224 e. The minimum absolute atomic E-state index is 0.0455. The quantitative estimate of drug-likeness (QED) is 0.868. The lowest BCUT2D eigenvalue weighted by Gasteiger charge is -2.31. The van der Waals surface area contributed by atoms with E-state index in [1.54, 1.807) is 4.68 Å². The van der Waals surface area contributed by atoms with Crippen LogP contribution in [0.5, 0.6) is 0 Å². The molecule has 1 aliphatic heterocycles. The summed E-state index contributed by atoms with van der Waals surface area (Å²) in [6, 6.07) is 0. The molecule has 2 rings (SSSR count). The van der Waals surface area contributed by atoms with E-state index >= 15 is 0 Å². The van der Waals surface area contributed by atoms with E-state index in [0.717, 1.165) is 41.3 Å². The van der Waals surface area contributed by atoms with Crippen molar-refractivity contribution in [1.29, 1.82) is 0 Å². The topological polar surface area (TPSA) is 67.2 Å². The second kappa shape index (κ2) is 6.18. The van der Waals surface area contributed by atoms with Gasteiger partial charge in [-0.2, -0.15) is 16.9 Å². The first kappa shape index (κ1) is 15.4. The standard InChI is InChI=1S/C14H23N3O2S/c1-10-12(11(2)17(3)16-10)8-13(18)15-9-14(19)4-6-20-7-5-14/h19H,4-9H2,1-3H3,(H,15,18). The summed E-state index contributed by atoms with van der Waals surface area (Å²) in [7, 11) is 1.88. The van der Waals surface area contributed by atoms with Crippen LogP contribution < -0.4 is 5.32 Å². The first-order valence-corrected chi connectivity index (χ1v) is 8.13. The number of amides is 1. The maximum absolute atomic E-state index is 12.0. The molecule has 112 valence electrons. The molecule has 6 heteroatoms. The smallest absolute Gasteiger partial charge is 0.224 e. The lowest BCUT2D eigenvalue weighted by atomic mass is 9.97. The van der Waals surface area contributed by atoms with Crippen molar-refractivity contribution in [3.05, 3.63) is 17.0 Å². The Balaban J connectivity index is 1.89. The highest BCUT2D eigenvalue weighted by Gasteiger charge is 2.29. The number of hydrogen-bond acceptors (Lipinski definition) is 4. The molecule has 1 amide bonds. The Morgan fingerprint density at radius 1 is 1.45 bits per heavy atom. The van der Waals surface area contributed by atoms with Crippen LogP contribution in [-0.4, -0.2) is 44.4 Å². The van der Waals surface area contributed by atoms with Crippen LogP contribution in [0.25, 0.3) is 0 Å². The predicted octanol–water partition coefficient (Wildman–Crippen LogP) is 0.954. The molecule has 2 heterocycles.